The van der Waals surface area contributed by atoms with E-state index < -0.39 is 60.9 Å². The van der Waals surface area contributed by atoms with E-state index in [-0.39, 0.29) is 10.7 Å². The molecule has 0 heterocycles. The Labute approximate surface area is 271 Å². The van der Waals surface area contributed by atoms with Crippen LogP contribution in [0.4, 0.5) is 0 Å². The molecule has 0 spiro atoms. The smallest absolute Gasteiger partial charge is 0.314 e. The molecule has 0 unspecified atom stereocenters. The van der Waals surface area contributed by atoms with Gasteiger partial charge in [0.15, 0.2) is 15.6 Å². The van der Waals surface area contributed by atoms with Crippen molar-refractivity contribution in [1.82, 2.24) is 0 Å². The summed E-state index contributed by atoms with van der Waals surface area (Å²) in [7, 11) is -4.32. The van der Waals surface area contributed by atoms with Crippen molar-refractivity contribution in [2.24, 2.45) is 27.6 Å². The van der Waals surface area contributed by atoms with Gasteiger partial charge >= 0.3 is 11.9 Å². The Morgan fingerprint density at radius 2 is 1.02 bits per heavy atom. The Hall–Kier alpha value is -4.04. The lowest BCUT2D eigenvalue weighted by Gasteiger charge is -2.44. The minimum absolute atomic E-state index is 0.0203. The van der Waals surface area contributed by atoms with Gasteiger partial charge in [0, 0.05) is 0 Å². The Bertz CT molecular complexity index is 1770. The van der Waals surface area contributed by atoms with Gasteiger partial charge in [-0.2, -0.15) is 0 Å². The number of ketones is 1. The average Bonchev–Trinajstić information content (AvgIpc) is 3.30. The normalized spacial score (nSPS) is 24.8. The van der Waals surface area contributed by atoms with Gasteiger partial charge in [0.25, 0.3) is 6.29 Å². The van der Waals surface area contributed by atoms with Crippen molar-refractivity contribution in [1.29, 1.82) is 0 Å². The predicted octanol–water partition coefficient (Wildman–Crippen LogP) is 7.17. The Morgan fingerprint density at radius 3 is 1.41 bits per heavy atom. The summed E-state index contributed by atoms with van der Waals surface area (Å²) in [6.45, 7) is 13.3. The monoisotopic (exact) mass is 642 g/mol. The van der Waals surface area contributed by atoms with Crippen LogP contribution in [-0.2, 0) is 33.7 Å². The number of ether oxygens (including phenoxy) is 2. The molecule has 242 valence electrons. The highest BCUT2D eigenvalue weighted by Crippen LogP contribution is 2.72. The van der Waals surface area contributed by atoms with E-state index in [4.69, 9.17) is 9.47 Å². The standard InChI is InChI=1S/C38H42O7S/c1-35(2,3)33(40)44-31(45-34(41)36(4,5)6)29-30(46(42,43)26-22-16-11-17-23-26)38(8)28(25-20-14-10-15-21-25)27(37(29,7)32(38)39)24-18-12-9-13-19-24/h9-23,29-31H,1-8H3/t29-,30-,37+,38+/m0/s1. The molecule has 2 aliphatic rings. The zero-order valence-electron chi connectivity index (χ0n) is 27.7. The molecule has 1 fully saturated rings. The van der Waals surface area contributed by atoms with Gasteiger partial charge in [-0.05, 0) is 89.8 Å². The van der Waals surface area contributed by atoms with Crippen LogP contribution in [0.1, 0.15) is 66.5 Å². The van der Waals surface area contributed by atoms with Crippen LogP contribution < -0.4 is 0 Å². The Kier molecular flexibility index (Phi) is 8.21. The Balaban J connectivity index is 1.89. The maximum Gasteiger partial charge on any atom is 0.314 e. The molecule has 46 heavy (non-hydrogen) atoms. The molecule has 0 saturated heterocycles. The molecule has 8 heteroatoms. The topological polar surface area (TPSA) is 104 Å². The van der Waals surface area contributed by atoms with Gasteiger partial charge in [0.2, 0.25) is 0 Å². The van der Waals surface area contributed by atoms with Crippen LogP contribution in [-0.4, -0.2) is 37.7 Å². The second kappa shape index (κ2) is 11.3. The molecule has 2 aliphatic carbocycles. The fraction of sp³-hybridized carbons (Fsp3) is 0.395. The zero-order chi connectivity index (χ0) is 33.9. The molecule has 7 nitrogen and oxygen atoms in total. The third-order valence-corrected chi connectivity index (χ3v) is 11.7. The SMILES string of the molecule is CC(C)(C)C(=O)OC(OC(=O)C(C)(C)C)[C@@H]1[C@H](S(=O)(=O)c2ccccc2)[C@]2(C)C(=O)[C@]1(C)C(c1ccccc1)=C2c1ccccc1. The summed E-state index contributed by atoms with van der Waals surface area (Å²) < 4.78 is 42.0. The molecule has 1 saturated carbocycles. The van der Waals surface area contributed by atoms with E-state index in [0.717, 1.165) is 5.56 Å². The summed E-state index contributed by atoms with van der Waals surface area (Å²) in [5, 5.41) is -1.45. The first kappa shape index (κ1) is 33.3. The summed E-state index contributed by atoms with van der Waals surface area (Å²) in [6.07, 6.45) is -1.69. The lowest BCUT2D eigenvalue weighted by atomic mass is 9.66. The molecule has 3 aromatic carbocycles. The first-order valence-corrected chi connectivity index (χ1v) is 17.0. The highest BCUT2D eigenvalue weighted by Gasteiger charge is 2.77. The number of rotatable bonds is 7. The summed E-state index contributed by atoms with van der Waals surface area (Å²) in [6, 6.07) is 26.6. The molecule has 0 radical (unpaired) electrons. The van der Waals surface area contributed by atoms with Crippen molar-refractivity contribution in [2.45, 2.75) is 71.8 Å². The lowest BCUT2D eigenvalue weighted by molar-refractivity contribution is -0.213. The number of fused-ring (bicyclic) bond motifs is 2. The zero-order valence-corrected chi connectivity index (χ0v) is 28.5. The van der Waals surface area contributed by atoms with Gasteiger partial charge in [-0.25, -0.2) is 8.42 Å². The summed E-state index contributed by atoms with van der Waals surface area (Å²) in [5.41, 5.74) is -2.53. The van der Waals surface area contributed by atoms with Gasteiger partial charge in [0.05, 0.1) is 37.7 Å². The van der Waals surface area contributed by atoms with Gasteiger partial charge < -0.3 is 9.47 Å². The first-order chi connectivity index (χ1) is 21.4. The van der Waals surface area contributed by atoms with Crippen molar-refractivity contribution >= 4 is 38.7 Å². The molecule has 0 N–H and O–H groups in total. The number of sulfone groups is 1. The number of benzene rings is 3. The van der Waals surface area contributed by atoms with Crippen LogP contribution in [0, 0.1) is 27.6 Å². The van der Waals surface area contributed by atoms with E-state index in [2.05, 4.69) is 0 Å². The van der Waals surface area contributed by atoms with Crippen molar-refractivity contribution < 1.29 is 32.3 Å². The van der Waals surface area contributed by atoms with Crippen LogP contribution in [0.25, 0.3) is 11.1 Å². The fourth-order valence-electron chi connectivity index (χ4n) is 7.05. The van der Waals surface area contributed by atoms with Crippen molar-refractivity contribution in [2.75, 3.05) is 0 Å². The van der Waals surface area contributed by atoms with Gasteiger partial charge in [-0.1, -0.05) is 78.9 Å². The quantitative estimate of drug-likeness (QED) is 0.199. The second-order valence-corrected chi connectivity index (χ2v) is 16.8. The number of esters is 2. The largest absolute Gasteiger partial charge is 0.424 e. The molecule has 5 rings (SSSR count). The van der Waals surface area contributed by atoms with Crippen LogP contribution in [0.3, 0.4) is 0 Å². The van der Waals surface area contributed by atoms with Crippen molar-refractivity contribution in [3.8, 4) is 0 Å². The third kappa shape index (κ3) is 5.20. The minimum atomic E-state index is -4.32. The molecule has 0 aliphatic heterocycles. The third-order valence-electron chi connectivity index (χ3n) is 9.29. The predicted molar refractivity (Wildman–Crippen MR) is 177 cm³/mol. The number of carbonyl (C=O) groups is 3. The summed E-state index contributed by atoms with van der Waals surface area (Å²) in [4.78, 5) is 42.3. The van der Waals surface area contributed by atoms with Crippen LogP contribution in [0.5, 0.6) is 0 Å². The van der Waals surface area contributed by atoms with Crippen molar-refractivity contribution in [3.63, 3.8) is 0 Å². The van der Waals surface area contributed by atoms with Gasteiger partial charge in [0.1, 0.15) is 0 Å². The molecule has 0 aromatic heterocycles. The van der Waals surface area contributed by atoms with Crippen LogP contribution in [0.15, 0.2) is 95.9 Å². The average molecular weight is 643 g/mol. The number of carbonyl (C=O) groups excluding carboxylic acids is 3. The van der Waals surface area contributed by atoms with Gasteiger partial charge in [-0.3, -0.25) is 14.4 Å². The molecular formula is C38H42O7S. The van der Waals surface area contributed by atoms with E-state index in [9.17, 15) is 18.0 Å². The lowest BCUT2D eigenvalue weighted by Crippen LogP contribution is -2.52. The number of hydrogen-bond acceptors (Lipinski definition) is 7. The number of hydrogen-bond donors (Lipinski definition) is 0. The second-order valence-electron chi connectivity index (χ2n) is 14.7. The fourth-order valence-corrected chi connectivity index (χ4v) is 9.51. The van der Waals surface area contributed by atoms with E-state index in [0.29, 0.717) is 16.7 Å². The number of allylic oxidation sites excluding steroid dienone is 2. The molecule has 3 aromatic rings. The molecule has 2 bridgehead atoms. The maximum atomic E-state index is 15.2. The van der Waals surface area contributed by atoms with Gasteiger partial charge in [-0.15, -0.1) is 0 Å². The maximum absolute atomic E-state index is 15.2. The van der Waals surface area contributed by atoms with E-state index >= 15 is 4.79 Å². The molecular weight excluding hydrogens is 600 g/mol. The van der Waals surface area contributed by atoms with Crippen LogP contribution in [0.2, 0.25) is 0 Å². The highest BCUT2D eigenvalue weighted by molar-refractivity contribution is 7.92. The number of Topliss-reactive ketones (excluding diaryl/α,β-unsaturated/α-hetero) is 1. The van der Waals surface area contributed by atoms with E-state index in [1.165, 1.54) is 12.1 Å². The molecule has 4 atom stereocenters. The summed E-state index contributed by atoms with van der Waals surface area (Å²) in [5.74, 6) is -2.99. The van der Waals surface area contributed by atoms with Crippen molar-refractivity contribution in [3.05, 3.63) is 102 Å². The Morgan fingerprint density at radius 1 is 0.652 bits per heavy atom. The van der Waals surface area contributed by atoms with Crippen LogP contribution >= 0.6 is 0 Å². The molecule has 0 amide bonds. The summed E-state index contributed by atoms with van der Waals surface area (Å²) >= 11 is 0. The van der Waals surface area contributed by atoms with E-state index in [1.807, 2.05) is 60.7 Å². The minimum Gasteiger partial charge on any atom is -0.424 e. The van der Waals surface area contributed by atoms with E-state index in [1.54, 1.807) is 73.6 Å². The highest BCUT2D eigenvalue weighted by atomic mass is 32.2. The first-order valence-electron chi connectivity index (χ1n) is 15.5.